The molecule has 0 saturated heterocycles. The maximum Gasteiger partial charge on any atom is 0.130 e. The number of thiocarbonyl (C=S) groups is 1. The molecular weight excluding hydrogens is 330 g/mol. The van der Waals surface area contributed by atoms with Crippen molar-refractivity contribution in [2.24, 2.45) is 4.99 Å². The molecule has 0 unspecified atom stereocenters. The van der Waals surface area contributed by atoms with Gasteiger partial charge in [-0.3, -0.25) is 0 Å². The van der Waals surface area contributed by atoms with E-state index in [4.69, 9.17) is 21.7 Å². The highest BCUT2D eigenvalue weighted by molar-refractivity contribution is 7.78. The quantitative estimate of drug-likeness (QED) is 0.447. The number of isothiocyanates is 1. The fourth-order valence-electron chi connectivity index (χ4n) is 3.10. The number of ether oxygens (including phenoxy) is 2. The lowest BCUT2D eigenvalue weighted by atomic mass is 9.86. The summed E-state index contributed by atoms with van der Waals surface area (Å²) in [6.45, 7) is 8.66. The van der Waals surface area contributed by atoms with Crippen LogP contribution in [0.4, 0.5) is 5.69 Å². The maximum absolute atomic E-state index is 5.61. The summed E-state index contributed by atoms with van der Waals surface area (Å²) < 4.78 is 10.9. The predicted octanol–water partition coefficient (Wildman–Crippen LogP) is 6.35. The third kappa shape index (κ3) is 3.92. The van der Waals surface area contributed by atoms with Gasteiger partial charge < -0.3 is 9.47 Å². The molecule has 0 aliphatic carbocycles. The Bertz CT molecular complexity index is 806. The van der Waals surface area contributed by atoms with Crippen molar-refractivity contribution in [3.63, 3.8) is 0 Å². The average Bonchev–Trinajstić information content (AvgIpc) is 2.60. The van der Waals surface area contributed by atoms with E-state index in [2.05, 4.69) is 50.0 Å². The van der Waals surface area contributed by atoms with E-state index in [1.807, 2.05) is 18.2 Å². The molecular formula is C21H25NO2S. The Morgan fingerprint density at radius 2 is 1.60 bits per heavy atom. The first-order valence-corrected chi connectivity index (χ1v) is 8.82. The van der Waals surface area contributed by atoms with Gasteiger partial charge in [-0.1, -0.05) is 39.8 Å². The van der Waals surface area contributed by atoms with Crippen LogP contribution in [0.25, 0.3) is 11.1 Å². The minimum absolute atomic E-state index is 0.280. The zero-order chi connectivity index (χ0) is 18.6. The van der Waals surface area contributed by atoms with E-state index in [-0.39, 0.29) is 5.92 Å². The van der Waals surface area contributed by atoms with Crippen molar-refractivity contribution in [2.45, 2.75) is 39.5 Å². The van der Waals surface area contributed by atoms with Crippen LogP contribution in [0.5, 0.6) is 11.5 Å². The number of rotatable bonds is 6. The van der Waals surface area contributed by atoms with Crippen LogP contribution >= 0.6 is 12.2 Å². The molecule has 0 atom stereocenters. The van der Waals surface area contributed by atoms with Crippen molar-refractivity contribution in [2.75, 3.05) is 14.2 Å². The minimum atomic E-state index is 0.280. The smallest absolute Gasteiger partial charge is 0.130 e. The zero-order valence-corrected chi connectivity index (χ0v) is 16.5. The first-order chi connectivity index (χ1) is 11.9. The molecule has 132 valence electrons. The molecule has 0 amide bonds. The Morgan fingerprint density at radius 1 is 0.920 bits per heavy atom. The van der Waals surface area contributed by atoms with Crippen LogP contribution in [0.2, 0.25) is 0 Å². The third-order valence-corrected chi connectivity index (χ3v) is 4.40. The number of aliphatic imine (C=N–C) groups is 1. The van der Waals surface area contributed by atoms with Gasteiger partial charge in [0.25, 0.3) is 0 Å². The summed E-state index contributed by atoms with van der Waals surface area (Å²) in [4.78, 5) is 4.42. The van der Waals surface area contributed by atoms with Crippen molar-refractivity contribution >= 4 is 23.1 Å². The summed E-state index contributed by atoms with van der Waals surface area (Å²) in [7, 11) is 3.32. The summed E-state index contributed by atoms with van der Waals surface area (Å²) >= 11 is 4.91. The van der Waals surface area contributed by atoms with Crippen LogP contribution in [0.1, 0.15) is 50.7 Å². The van der Waals surface area contributed by atoms with Gasteiger partial charge in [-0.05, 0) is 52.9 Å². The summed E-state index contributed by atoms with van der Waals surface area (Å²) in [5.74, 6) is 2.17. The topological polar surface area (TPSA) is 30.8 Å². The highest BCUT2D eigenvalue weighted by Crippen LogP contribution is 2.44. The lowest BCUT2D eigenvalue weighted by molar-refractivity contribution is 0.395. The molecule has 0 saturated carbocycles. The molecule has 2 rings (SSSR count). The Morgan fingerprint density at radius 3 is 2.12 bits per heavy atom. The second-order valence-electron chi connectivity index (χ2n) is 6.54. The van der Waals surface area contributed by atoms with Gasteiger partial charge in [0.1, 0.15) is 11.5 Å². The Labute approximate surface area is 155 Å². The van der Waals surface area contributed by atoms with Gasteiger partial charge in [-0.2, -0.15) is 4.99 Å². The maximum atomic E-state index is 5.61. The van der Waals surface area contributed by atoms with Gasteiger partial charge >= 0.3 is 0 Å². The van der Waals surface area contributed by atoms with Gasteiger partial charge in [-0.25, -0.2) is 0 Å². The van der Waals surface area contributed by atoms with E-state index in [1.54, 1.807) is 14.2 Å². The predicted molar refractivity (Wildman–Crippen MR) is 108 cm³/mol. The fourth-order valence-corrected chi connectivity index (χ4v) is 3.19. The molecule has 2 aromatic rings. The van der Waals surface area contributed by atoms with E-state index < -0.39 is 0 Å². The molecule has 4 heteroatoms. The highest BCUT2D eigenvalue weighted by atomic mass is 32.1. The molecule has 3 nitrogen and oxygen atoms in total. The molecule has 2 aromatic carbocycles. The van der Waals surface area contributed by atoms with Crippen LogP contribution in [0.3, 0.4) is 0 Å². The summed E-state index contributed by atoms with van der Waals surface area (Å²) in [5.41, 5.74) is 5.38. The number of hydrogen-bond acceptors (Lipinski definition) is 4. The summed E-state index contributed by atoms with van der Waals surface area (Å²) in [5, 5.41) is 2.56. The minimum Gasteiger partial charge on any atom is -0.497 e. The zero-order valence-electron chi connectivity index (χ0n) is 15.7. The normalized spacial score (nSPS) is 10.7. The molecule has 0 aliphatic rings. The third-order valence-electron chi connectivity index (χ3n) is 4.30. The van der Waals surface area contributed by atoms with Crippen LogP contribution in [-0.4, -0.2) is 19.4 Å². The fraction of sp³-hybridized carbons (Fsp3) is 0.381. The van der Waals surface area contributed by atoms with Crippen molar-refractivity contribution in [1.82, 2.24) is 0 Å². The number of hydrogen-bond donors (Lipinski definition) is 0. The van der Waals surface area contributed by atoms with Crippen LogP contribution in [-0.2, 0) is 0 Å². The molecule has 0 N–H and O–H groups in total. The Hall–Kier alpha value is -2.16. The molecule has 25 heavy (non-hydrogen) atoms. The largest absolute Gasteiger partial charge is 0.497 e. The van der Waals surface area contributed by atoms with E-state index in [0.717, 1.165) is 33.9 Å². The second kappa shape index (κ2) is 8.28. The lowest BCUT2D eigenvalue weighted by Crippen LogP contribution is -2.00. The van der Waals surface area contributed by atoms with Crippen molar-refractivity contribution in [1.29, 1.82) is 0 Å². The number of methoxy groups -OCH3 is 2. The van der Waals surface area contributed by atoms with Gasteiger partial charge in [0.05, 0.1) is 25.1 Å². The number of benzene rings is 2. The Balaban J connectivity index is 2.82. The van der Waals surface area contributed by atoms with Crippen molar-refractivity contribution in [3.8, 4) is 22.6 Å². The van der Waals surface area contributed by atoms with Crippen molar-refractivity contribution < 1.29 is 9.47 Å². The molecule has 0 heterocycles. The molecule has 0 radical (unpaired) electrons. The van der Waals surface area contributed by atoms with E-state index in [0.29, 0.717) is 5.92 Å². The van der Waals surface area contributed by atoms with E-state index >= 15 is 0 Å². The molecule has 0 aromatic heterocycles. The van der Waals surface area contributed by atoms with Crippen LogP contribution < -0.4 is 9.47 Å². The number of nitrogens with zero attached hydrogens (tertiary/aromatic N) is 1. The van der Waals surface area contributed by atoms with Gasteiger partial charge in [-0.15, -0.1) is 0 Å². The standard InChI is InChI=1S/C21H25NO2S/c1-13(2)16-9-10-18(20(14(3)4)21(16)22-12-25)17-8-7-15(23-5)11-19(17)24-6/h7-11,13-14H,1-6H3. The van der Waals surface area contributed by atoms with Crippen molar-refractivity contribution in [3.05, 3.63) is 41.5 Å². The van der Waals surface area contributed by atoms with Crippen LogP contribution in [0.15, 0.2) is 35.3 Å². The van der Waals surface area contributed by atoms with E-state index in [9.17, 15) is 0 Å². The molecule has 0 fully saturated rings. The van der Waals surface area contributed by atoms with Crippen LogP contribution in [0, 0.1) is 0 Å². The first-order valence-electron chi connectivity index (χ1n) is 8.41. The van der Waals surface area contributed by atoms with E-state index in [1.165, 1.54) is 5.56 Å². The van der Waals surface area contributed by atoms with Gasteiger partial charge in [0.2, 0.25) is 0 Å². The summed E-state index contributed by atoms with van der Waals surface area (Å²) in [6.07, 6.45) is 0. The Kier molecular flexibility index (Phi) is 6.35. The highest BCUT2D eigenvalue weighted by Gasteiger charge is 2.20. The lowest BCUT2D eigenvalue weighted by Gasteiger charge is -2.21. The van der Waals surface area contributed by atoms with Gasteiger partial charge in [0.15, 0.2) is 0 Å². The first kappa shape index (κ1) is 19.2. The monoisotopic (exact) mass is 355 g/mol. The summed E-state index contributed by atoms with van der Waals surface area (Å²) in [6, 6.07) is 10.1. The molecule has 0 aliphatic heterocycles. The average molecular weight is 356 g/mol. The SMILES string of the molecule is COc1ccc(-c2ccc(C(C)C)c(N=C=S)c2C(C)C)c(OC)c1. The second-order valence-corrected chi connectivity index (χ2v) is 6.73. The molecule has 0 bridgehead atoms. The molecule has 0 spiro atoms. The van der Waals surface area contributed by atoms with Gasteiger partial charge in [0, 0.05) is 11.6 Å².